The number of hydrogen-bond donors (Lipinski definition) is 2. The van der Waals surface area contributed by atoms with Crippen LogP contribution in [-0.2, 0) is 4.74 Å². The summed E-state index contributed by atoms with van der Waals surface area (Å²) in [6.45, 7) is 1.41. The second-order valence-corrected chi connectivity index (χ2v) is 5.84. The lowest BCUT2D eigenvalue weighted by Gasteiger charge is -2.43. The third-order valence-corrected chi connectivity index (χ3v) is 4.71. The second kappa shape index (κ2) is 5.05. The van der Waals surface area contributed by atoms with Crippen LogP contribution >= 0.6 is 0 Å². The Labute approximate surface area is 116 Å². The van der Waals surface area contributed by atoms with Crippen molar-refractivity contribution < 1.29 is 9.53 Å². The minimum atomic E-state index is -0.448. The fraction of sp³-hybridized carbons (Fsp3) is 0.769. The molecule has 1 saturated heterocycles. The summed E-state index contributed by atoms with van der Waals surface area (Å²) < 4.78 is 5.62. The number of rotatable bonds is 2. The van der Waals surface area contributed by atoms with Gasteiger partial charge in [0.2, 0.25) is 5.82 Å². The lowest BCUT2D eigenvalue weighted by molar-refractivity contribution is -0.0297. The van der Waals surface area contributed by atoms with Crippen LogP contribution in [0.3, 0.4) is 0 Å². The van der Waals surface area contributed by atoms with Crippen molar-refractivity contribution in [2.45, 2.75) is 38.2 Å². The topological polar surface area (TPSA) is 91.1 Å². The Bertz CT molecular complexity index is 552. The normalized spacial score (nSPS) is 30.1. The fourth-order valence-corrected chi connectivity index (χ4v) is 3.80. The van der Waals surface area contributed by atoms with Gasteiger partial charge in [-0.1, -0.05) is 6.42 Å². The first-order chi connectivity index (χ1) is 9.64. The quantitative estimate of drug-likeness (QED) is 0.826. The predicted molar refractivity (Wildman–Crippen MR) is 71.4 cm³/mol. The molecule has 2 aliphatic rings. The summed E-state index contributed by atoms with van der Waals surface area (Å²) in [6, 6.07) is 0. The van der Waals surface area contributed by atoms with Crippen LogP contribution in [0.1, 0.15) is 42.7 Å². The smallest absolute Gasteiger partial charge is 0.341 e. The third kappa shape index (κ3) is 2.15. The molecule has 1 amide bonds. The first-order valence-corrected chi connectivity index (χ1v) is 7.11. The highest BCUT2D eigenvalue weighted by Crippen LogP contribution is 2.46. The molecule has 7 heteroatoms. The number of hydrogen-bond acceptors (Lipinski definition) is 4. The number of likely N-dealkylation sites (tertiary alicyclic amines) is 1. The Balaban J connectivity index is 1.78. The van der Waals surface area contributed by atoms with Gasteiger partial charge >= 0.3 is 5.69 Å². The summed E-state index contributed by atoms with van der Waals surface area (Å²) in [6.07, 6.45) is 5.63. The van der Waals surface area contributed by atoms with Gasteiger partial charge in [-0.25, -0.2) is 9.89 Å². The van der Waals surface area contributed by atoms with Gasteiger partial charge in [0.1, 0.15) is 0 Å². The molecule has 0 unspecified atom stereocenters. The highest BCUT2D eigenvalue weighted by atomic mass is 16.5. The van der Waals surface area contributed by atoms with Gasteiger partial charge < -0.3 is 9.64 Å². The number of aromatic amines is 2. The third-order valence-electron chi connectivity index (χ3n) is 4.71. The summed E-state index contributed by atoms with van der Waals surface area (Å²) in [5, 5.41) is 5.97. The minimum absolute atomic E-state index is 0.0826. The van der Waals surface area contributed by atoms with E-state index < -0.39 is 5.69 Å². The number of aromatic nitrogens is 3. The average molecular weight is 280 g/mol. The van der Waals surface area contributed by atoms with Crippen molar-refractivity contribution in [3.63, 3.8) is 0 Å². The summed E-state index contributed by atoms with van der Waals surface area (Å²) in [4.78, 5) is 27.7. The molecule has 2 atom stereocenters. The first-order valence-electron chi connectivity index (χ1n) is 7.11. The maximum Gasteiger partial charge on any atom is 0.341 e. The largest absolute Gasteiger partial charge is 0.381 e. The highest BCUT2D eigenvalue weighted by molar-refractivity contribution is 5.90. The summed E-state index contributed by atoms with van der Waals surface area (Å²) >= 11 is 0. The molecule has 0 radical (unpaired) electrons. The molecule has 1 saturated carbocycles. The molecule has 1 spiro atoms. The Morgan fingerprint density at radius 1 is 1.45 bits per heavy atom. The van der Waals surface area contributed by atoms with Gasteiger partial charge in [0.05, 0.1) is 6.10 Å². The zero-order valence-corrected chi connectivity index (χ0v) is 11.6. The Morgan fingerprint density at radius 2 is 2.25 bits per heavy atom. The van der Waals surface area contributed by atoms with Gasteiger partial charge in [-0.15, -0.1) is 5.10 Å². The number of ether oxygens (including phenoxy) is 1. The van der Waals surface area contributed by atoms with Crippen molar-refractivity contribution in [2.24, 2.45) is 5.41 Å². The lowest BCUT2D eigenvalue weighted by Crippen LogP contribution is -2.50. The van der Waals surface area contributed by atoms with Gasteiger partial charge in [-0.2, -0.15) is 0 Å². The van der Waals surface area contributed by atoms with E-state index in [0.29, 0.717) is 13.1 Å². The van der Waals surface area contributed by atoms with Crippen LogP contribution in [0, 0.1) is 5.41 Å². The summed E-state index contributed by atoms with van der Waals surface area (Å²) in [5.41, 5.74) is -0.366. The van der Waals surface area contributed by atoms with Gasteiger partial charge in [0.25, 0.3) is 5.91 Å². The van der Waals surface area contributed by atoms with E-state index in [0.717, 1.165) is 32.1 Å². The van der Waals surface area contributed by atoms with Gasteiger partial charge in [-0.05, 0) is 25.7 Å². The van der Waals surface area contributed by atoms with E-state index >= 15 is 0 Å². The molecule has 2 heterocycles. The van der Waals surface area contributed by atoms with Crippen LogP contribution in [0.4, 0.5) is 0 Å². The zero-order chi connectivity index (χ0) is 14.2. The van der Waals surface area contributed by atoms with Crippen molar-refractivity contribution in [3.8, 4) is 0 Å². The minimum Gasteiger partial charge on any atom is -0.381 e. The van der Waals surface area contributed by atoms with E-state index in [4.69, 9.17) is 4.74 Å². The molecular formula is C13H20N4O3. The van der Waals surface area contributed by atoms with E-state index in [-0.39, 0.29) is 23.3 Å². The SMILES string of the molecule is CO[C@@H]1CCC[C@]12CCCN(C(=O)c1n[nH]c(=O)[nH]1)C2. The number of H-pyrrole nitrogens is 2. The monoisotopic (exact) mass is 280 g/mol. The average Bonchev–Trinajstić information content (AvgIpc) is 3.05. The first kappa shape index (κ1) is 13.4. The fourth-order valence-electron chi connectivity index (χ4n) is 3.80. The van der Waals surface area contributed by atoms with Crippen molar-refractivity contribution in [2.75, 3.05) is 20.2 Å². The van der Waals surface area contributed by atoms with E-state index in [9.17, 15) is 9.59 Å². The van der Waals surface area contributed by atoms with Crippen molar-refractivity contribution >= 4 is 5.91 Å². The van der Waals surface area contributed by atoms with Crippen LogP contribution in [0.15, 0.2) is 4.79 Å². The molecule has 1 aromatic heterocycles. The molecule has 1 aliphatic carbocycles. The zero-order valence-electron chi connectivity index (χ0n) is 11.6. The van der Waals surface area contributed by atoms with Gasteiger partial charge in [0.15, 0.2) is 0 Å². The maximum absolute atomic E-state index is 12.4. The standard InChI is InChI=1S/C13H20N4O3/c1-20-9-4-2-5-13(9)6-3-7-17(8-13)11(18)10-14-12(19)16-15-10/h9H,2-8H2,1H3,(H2,14,15,16,19)/t9-,13-/m1/s1. The van der Waals surface area contributed by atoms with Crippen LogP contribution in [0.2, 0.25) is 0 Å². The second-order valence-electron chi connectivity index (χ2n) is 5.84. The molecular weight excluding hydrogens is 260 g/mol. The molecule has 0 aromatic carbocycles. The molecule has 1 aromatic rings. The van der Waals surface area contributed by atoms with E-state index in [1.54, 1.807) is 12.0 Å². The van der Waals surface area contributed by atoms with E-state index in [1.807, 2.05) is 0 Å². The summed E-state index contributed by atoms with van der Waals surface area (Å²) in [5.74, 6) is -0.108. The highest BCUT2D eigenvalue weighted by Gasteiger charge is 2.46. The van der Waals surface area contributed by atoms with Crippen LogP contribution in [0.5, 0.6) is 0 Å². The van der Waals surface area contributed by atoms with Gasteiger partial charge in [-0.3, -0.25) is 9.78 Å². The molecule has 0 bridgehead atoms. The maximum atomic E-state index is 12.4. The molecule has 20 heavy (non-hydrogen) atoms. The molecule has 1 aliphatic heterocycles. The van der Waals surface area contributed by atoms with Crippen LogP contribution in [-0.4, -0.2) is 52.3 Å². The molecule has 3 rings (SSSR count). The number of piperidine rings is 1. The molecule has 2 fully saturated rings. The number of carbonyl (C=O) groups excluding carboxylic acids is 1. The predicted octanol–water partition coefficient (Wildman–Crippen LogP) is 0.519. The van der Waals surface area contributed by atoms with E-state index in [1.165, 1.54) is 0 Å². The molecule has 2 N–H and O–H groups in total. The summed E-state index contributed by atoms with van der Waals surface area (Å²) in [7, 11) is 1.75. The van der Waals surface area contributed by atoms with Crippen molar-refractivity contribution in [3.05, 3.63) is 16.3 Å². The number of nitrogens with zero attached hydrogens (tertiary/aromatic N) is 2. The van der Waals surface area contributed by atoms with Crippen molar-refractivity contribution in [1.29, 1.82) is 0 Å². The van der Waals surface area contributed by atoms with Crippen LogP contribution in [0.25, 0.3) is 0 Å². The van der Waals surface area contributed by atoms with Gasteiger partial charge in [0, 0.05) is 25.6 Å². The van der Waals surface area contributed by atoms with Crippen LogP contribution < -0.4 is 5.69 Å². The molecule has 7 nitrogen and oxygen atoms in total. The number of nitrogens with one attached hydrogen (secondary N) is 2. The number of carbonyl (C=O) groups is 1. The number of amides is 1. The Kier molecular flexibility index (Phi) is 3.37. The Hall–Kier alpha value is -1.63. The lowest BCUT2D eigenvalue weighted by atomic mass is 9.76. The van der Waals surface area contributed by atoms with Crippen molar-refractivity contribution in [1.82, 2.24) is 20.1 Å². The molecule has 110 valence electrons. The Morgan fingerprint density at radius 3 is 2.95 bits per heavy atom. The number of methoxy groups -OCH3 is 1. The van der Waals surface area contributed by atoms with E-state index in [2.05, 4.69) is 15.2 Å².